The molecule has 0 aliphatic heterocycles. The Hall–Kier alpha value is -3.85. The van der Waals surface area contributed by atoms with Crippen LogP contribution in [0.2, 0.25) is 0 Å². The zero-order valence-electron chi connectivity index (χ0n) is 15.2. The largest absolute Gasteiger partial charge is 0.309 e. The second kappa shape index (κ2) is 5.83. The van der Waals surface area contributed by atoms with E-state index in [9.17, 15) is 0 Å². The van der Waals surface area contributed by atoms with Crippen LogP contribution in [-0.2, 0) is 0 Å². The van der Waals surface area contributed by atoms with Gasteiger partial charge in [-0.05, 0) is 48.0 Å². The van der Waals surface area contributed by atoms with Crippen molar-refractivity contribution in [2.24, 2.45) is 0 Å². The number of rotatable bonds is 2. The van der Waals surface area contributed by atoms with Crippen molar-refractivity contribution in [3.05, 3.63) is 103 Å². The first-order valence-corrected chi connectivity index (χ1v) is 9.42. The number of hydrogen-bond acceptors (Lipinski definition) is 1. The van der Waals surface area contributed by atoms with Gasteiger partial charge in [0.2, 0.25) is 0 Å². The highest BCUT2D eigenvalue weighted by Gasteiger charge is 2.16. The number of imidazole rings is 1. The topological polar surface area (TPSA) is 22.2 Å². The molecule has 3 nitrogen and oxygen atoms in total. The maximum atomic E-state index is 4.80. The Balaban J connectivity index is 1.80. The van der Waals surface area contributed by atoms with Gasteiger partial charge in [-0.15, -0.1) is 0 Å². The fraction of sp³-hybridized carbons (Fsp3) is 0. The fourth-order valence-electron chi connectivity index (χ4n) is 4.11. The predicted molar refractivity (Wildman–Crippen MR) is 115 cm³/mol. The minimum absolute atomic E-state index is 0.971. The number of nitrogens with zero attached hydrogens (tertiary/aromatic N) is 3. The van der Waals surface area contributed by atoms with Gasteiger partial charge in [0.05, 0.1) is 22.2 Å². The first-order valence-electron chi connectivity index (χ1n) is 9.42. The second-order valence-corrected chi connectivity index (χ2v) is 6.97. The molecule has 132 valence electrons. The fourth-order valence-corrected chi connectivity index (χ4v) is 4.11. The van der Waals surface area contributed by atoms with Crippen LogP contribution in [0.25, 0.3) is 44.5 Å². The SMILES string of the molecule is c1ccc(-c2cc3c(ccc4nc5ccccn5c43)n2-c2ccccc2)cc1. The van der Waals surface area contributed by atoms with Crippen molar-refractivity contribution in [3.63, 3.8) is 0 Å². The van der Waals surface area contributed by atoms with E-state index in [-0.39, 0.29) is 0 Å². The van der Waals surface area contributed by atoms with Crippen molar-refractivity contribution in [2.45, 2.75) is 0 Å². The molecule has 0 fully saturated rings. The maximum absolute atomic E-state index is 4.80. The van der Waals surface area contributed by atoms with Crippen LogP contribution in [0, 0.1) is 0 Å². The third-order valence-electron chi connectivity index (χ3n) is 5.33. The molecule has 0 bridgehead atoms. The zero-order valence-corrected chi connectivity index (χ0v) is 15.2. The molecule has 6 aromatic rings. The van der Waals surface area contributed by atoms with E-state index in [4.69, 9.17) is 4.98 Å². The van der Waals surface area contributed by atoms with Gasteiger partial charge < -0.3 is 4.57 Å². The highest BCUT2D eigenvalue weighted by atomic mass is 15.0. The van der Waals surface area contributed by atoms with Crippen molar-refractivity contribution >= 4 is 27.6 Å². The monoisotopic (exact) mass is 359 g/mol. The van der Waals surface area contributed by atoms with Gasteiger partial charge >= 0.3 is 0 Å². The summed E-state index contributed by atoms with van der Waals surface area (Å²) >= 11 is 0. The third kappa shape index (κ3) is 2.13. The molecule has 0 amide bonds. The van der Waals surface area contributed by atoms with Gasteiger partial charge in [0.1, 0.15) is 5.65 Å². The van der Waals surface area contributed by atoms with Crippen molar-refractivity contribution in [3.8, 4) is 16.9 Å². The summed E-state index contributed by atoms with van der Waals surface area (Å²) in [7, 11) is 0. The number of pyridine rings is 1. The molecule has 0 N–H and O–H groups in total. The van der Waals surface area contributed by atoms with E-state index < -0.39 is 0 Å². The highest BCUT2D eigenvalue weighted by molar-refractivity contribution is 6.07. The lowest BCUT2D eigenvalue weighted by Gasteiger charge is -2.11. The van der Waals surface area contributed by atoms with E-state index in [1.165, 1.54) is 22.2 Å². The van der Waals surface area contributed by atoms with Gasteiger partial charge in [-0.3, -0.25) is 4.40 Å². The summed E-state index contributed by atoms with van der Waals surface area (Å²) in [6, 6.07) is 33.9. The molecule has 0 aliphatic rings. The van der Waals surface area contributed by atoms with E-state index in [0.717, 1.165) is 22.4 Å². The molecule has 0 unspecified atom stereocenters. The lowest BCUT2D eigenvalue weighted by molar-refractivity contribution is 1.13. The van der Waals surface area contributed by atoms with Crippen molar-refractivity contribution in [1.29, 1.82) is 0 Å². The van der Waals surface area contributed by atoms with Crippen LogP contribution in [0.1, 0.15) is 0 Å². The Labute approximate surface area is 162 Å². The van der Waals surface area contributed by atoms with Crippen LogP contribution in [-0.4, -0.2) is 14.0 Å². The number of hydrogen-bond donors (Lipinski definition) is 0. The van der Waals surface area contributed by atoms with Crippen LogP contribution in [0.5, 0.6) is 0 Å². The van der Waals surface area contributed by atoms with Gasteiger partial charge in [-0.25, -0.2) is 4.98 Å². The molecule has 0 saturated carbocycles. The summed E-state index contributed by atoms with van der Waals surface area (Å²) < 4.78 is 4.52. The predicted octanol–water partition coefficient (Wildman–Crippen LogP) is 6.10. The Morgan fingerprint density at radius 3 is 2.25 bits per heavy atom. The molecule has 0 saturated heterocycles. The first kappa shape index (κ1) is 15.2. The second-order valence-electron chi connectivity index (χ2n) is 6.97. The molecule has 3 heteroatoms. The van der Waals surface area contributed by atoms with Crippen LogP contribution in [0.3, 0.4) is 0 Å². The van der Waals surface area contributed by atoms with E-state index in [2.05, 4.69) is 106 Å². The molecular weight excluding hydrogens is 342 g/mol. The Bertz CT molecular complexity index is 1440. The normalized spacial score (nSPS) is 11.6. The Morgan fingerprint density at radius 1 is 0.679 bits per heavy atom. The summed E-state index contributed by atoms with van der Waals surface area (Å²) in [6.07, 6.45) is 2.09. The number of aromatic nitrogens is 3. The standard InChI is InChI=1S/C25H17N3/c1-3-9-18(10-4-1)23-17-20-22(28(23)19-11-5-2-6-12-19)15-14-21-25(20)27-16-8-7-13-24(27)26-21/h1-17H. The summed E-state index contributed by atoms with van der Waals surface area (Å²) in [5, 5.41) is 1.21. The van der Waals surface area contributed by atoms with E-state index >= 15 is 0 Å². The van der Waals surface area contributed by atoms with E-state index in [1.54, 1.807) is 0 Å². The lowest BCUT2D eigenvalue weighted by atomic mass is 10.1. The molecule has 28 heavy (non-hydrogen) atoms. The number of fused-ring (bicyclic) bond motifs is 5. The number of para-hydroxylation sites is 1. The summed E-state index contributed by atoms with van der Waals surface area (Å²) in [5.74, 6) is 0. The Kier molecular flexibility index (Phi) is 3.17. The average Bonchev–Trinajstić information content (AvgIpc) is 3.33. The lowest BCUT2D eigenvalue weighted by Crippen LogP contribution is -1.96. The smallest absolute Gasteiger partial charge is 0.137 e. The molecule has 0 atom stereocenters. The highest BCUT2D eigenvalue weighted by Crippen LogP contribution is 2.35. The third-order valence-corrected chi connectivity index (χ3v) is 5.33. The quantitative estimate of drug-likeness (QED) is 0.366. The molecular formula is C25H17N3. The minimum atomic E-state index is 0.971. The molecule has 3 heterocycles. The van der Waals surface area contributed by atoms with Crippen LogP contribution in [0.15, 0.2) is 103 Å². The number of benzene rings is 3. The molecule has 0 aliphatic carbocycles. The van der Waals surface area contributed by atoms with Crippen LogP contribution in [0.4, 0.5) is 0 Å². The van der Waals surface area contributed by atoms with Crippen LogP contribution < -0.4 is 0 Å². The summed E-state index contributed by atoms with van der Waals surface area (Å²) in [5.41, 5.74) is 7.86. The minimum Gasteiger partial charge on any atom is -0.309 e. The summed E-state index contributed by atoms with van der Waals surface area (Å²) in [4.78, 5) is 4.80. The molecule has 3 aromatic carbocycles. The van der Waals surface area contributed by atoms with E-state index in [1.807, 2.05) is 6.07 Å². The zero-order chi connectivity index (χ0) is 18.5. The summed E-state index contributed by atoms with van der Waals surface area (Å²) in [6.45, 7) is 0. The molecule has 0 radical (unpaired) electrons. The van der Waals surface area contributed by atoms with Gasteiger partial charge in [0, 0.05) is 17.3 Å². The van der Waals surface area contributed by atoms with Crippen molar-refractivity contribution in [1.82, 2.24) is 14.0 Å². The van der Waals surface area contributed by atoms with Gasteiger partial charge in [0.15, 0.2) is 0 Å². The first-order chi connectivity index (χ1) is 13.9. The molecule has 0 spiro atoms. The van der Waals surface area contributed by atoms with Gasteiger partial charge in [-0.2, -0.15) is 0 Å². The van der Waals surface area contributed by atoms with Gasteiger partial charge in [0.25, 0.3) is 0 Å². The Morgan fingerprint density at radius 2 is 1.43 bits per heavy atom. The van der Waals surface area contributed by atoms with Crippen LogP contribution >= 0.6 is 0 Å². The van der Waals surface area contributed by atoms with Crippen molar-refractivity contribution < 1.29 is 0 Å². The average molecular weight is 359 g/mol. The molecule has 3 aromatic heterocycles. The van der Waals surface area contributed by atoms with Crippen molar-refractivity contribution in [2.75, 3.05) is 0 Å². The maximum Gasteiger partial charge on any atom is 0.137 e. The molecule has 6 rings (SSSR count). The van der Waals surface area contributed by atoms with Gasteiger partial charge in [-0.1, -0.05) is 54.6 Å². The van der Waals surface area contributed by atoms with E-state index in [0.29, 0.717) is 0 Å².